The molecular weight excluding hydrogens is 275 g/mol. The molecule has 1 aromatic carbocycles. The molecule has 2 aromatic rings. The third-order valence-corrected chi connectivity index (χ3v) is 2.84. The molecule has 1 N–H and O–H groups in total. The first-order chi connectivity index (χ1) is 8.56. The Labute approximate surface area is 113 Å². The molecule has 0 aliphatic rings. The number of rotatable bonds is 3. The number of aliphatic carboxylic acids is 1. The zero-order valence-electron chi connectivity index (χ0n) is 9.10. The van der Waals surface area contributed by atoms with E-state index in [0.29, 0.717) is 16.4 Å². The van der Waals surface area contributed by atoms with Crippen LogP contribution in [0.3, 0.4) is 0 Å². The molecule has 0 amide bonds. The van der Waals surface area contributed by atoms with Crippen LogP contribution < -0.4 is 0 Å². The molecule has 0 aliphatic carbocycles. The summed E-state index contributed by atoms with van der Waals surface area (Å²) in [5.41, 5.74) is 1.16. The SMILES string of the molecule is O=C(O)Cc1cnc(-c2ccc(Cl)cc2)nc1Cl. The molecule has 1 heterocycles. The van der Waals surface area contributed by atoms with Crippen molar-refractivity contribution in [3.05, 3.63) is 46.2 Å². The molecule has 0 fully saturated rings. The van der Waals surface area contributed by atoms with Crippen molar-refractivity contribution < 1.29 is 9.90 Å². The van der Waals surface area contributed by atoms with E-state index in [4.69, 9.17) is 28.3 Å². The van der Waals surface area contributed by atoms with Crippen LogP contribution in [0.25, 0.3) is 11.4 Å². The highest BCUT2D eigenvalue weighted by Crippen LogP contribution is 2.21. The van der Waals surface area contributed by atoms with Crippen LogP contribution in [-0.2, 0) is 11.2 Å². The van der Waals surface area contributed by atoms with Crippen molar-refractivity contribution in [1.82, 2.24) is 9.97 Å². The fourth-order valence-corrected chi connectivity index (χ4v) is 1.73. The van der Waals surface area contributed by atoms with E-state index >= 15 is 0 Å². The Bertz CT molecular complexity index is 585. The molecule has 4 nitrogen and oxygen atoms in total. The molecule has 1 aromatic heterocycles. The molecule has 0 bridgehead atoms. The van der Waals surface area contributed by atoms with Crippen LogP contribution in [0.4, 0.5) is 0 Å². The Balaban J connectivity index is 2.33. The van der Waals surface area contributed by atoms with Crippen molar-refractivity contribution in [2.24, 2.45) is 0 Å². The van der Waals surface area contributed by atoms with Crippen LogP contribution in [0.2, 0.25) is 10.2 Å². The van der Waals surface area contributed by atoms with Gasteiger partial charge in [0.15, 0.2) is 5.82 Å². The predicted octanol–water partition coefficient (Wildman–Crippen LogP) is 3.08. The van der Waals surface area contributed by atoms with Gasteiger partial charge in [-0.3, -0.25) is 4.79 Å². The molecular formula is C12H8Cl2N2O2. The van der Waals surface area contributed by atoms with Gasteiger partial charge in [-0.2, -0.15) is 0 Å². The fourth-order valence-electron chi connectivity index (χ4n) is 1.41. The number of hydrogen-bond donors (Lipinski definition) is 1. The van der Waals surface area contributed by atoms with E-state index in [1.807, 2.05) is 0 Å². The van der Waals surface area contributed by atoms with E-state index in [9.17, 15) is 4.79 Å². The van der Waals surface area contributed by atoms with E-state index in [1.165, 1.54) is 6.20 Å². The van der Waals surface area contributed by atoms with Crippen LogP contribution in [0, 0.1) is 0 Å². The van der Waals surface area contributed by atoms with Crippen molar-refractivity contribution in [3.8, 4) is 11.4 Å². The number of benzene rings is 1. The van der Waals surface area contributed by atoms with Gasteiger partial charge < -0.3 is 5.11 Å². The quantitative estimate of drug-likeness (QED) is 0.879. The second-order valence-electron chi connectivity index (χ2n) is 3.59. The van der Waals surface area contributed by atoms with Crippen molar-refractivity contribution in [3.63, 3.8) is 0 Å². The Morgan fingerprint density at radius 2 is 1.89 bits per heavy atom. The van der Waals surface area contributed by atoms with Crippen LogP contribution in [0.5, 0.6) is 0 Å². The molecule has 0 spiro atoms. The minimum Gasteiger partial charge on any atom is -0.481 e. The topological polar surface area (TPSA) is 63.1 Å². The Hall–Kier alpha value is -1.65. The van der Waals surface area contributed by atoms with Crippen LogP contribution >= 0.6 is 23.2 Å². The van der Waals surface area contributed by atoms with Gasteiger partial charge in [0.25, 0.3) is 0 Å². The number of carboxylic acids is 1. The van der Waals surface area contributed by atoms with Crippen molar-refractivity contribution in [2.45, 2.75) is 6.42 Å². The highest BCUT2D eigenvalue weighted by atomic mass is 35.5. The molecule has 0 atom stereocenters. The van der Waals surface area contributed by atoms with Crippen LogP contribution in [0.1, 0.15) is 5.56 Å². The zero-order chi connectivity index (χ0) is 13.1. The molecule has 0 saturated heterocycles. The summed E-state index contributed by atoms with van der Waals surface area (Å²) in [5, 5.41) is 9.45. The monoisotopic (exact) mass is 282 g/mol. The van der Waals surface area contributed by atoms with Gasteiger partial charge in [-0.1, -0.05) is 23.2 Å². The summed E-state index contributed by atoms with van der Waals surface area (Å²) in [6.07, 6.45) is 1.23. The zero-order valence-corrected chi connectivity index (χ0v) is 10.6. The third-order valence-electron chi connectivity index (χ3n) is 2.26. The second-order valence-corrected chi connectivity index (χ2v) is 4.38. The van der Waals surface area contributed by atoms with Crippen molar-refractivity contribution >= 4 is 29.2 Å². The molecule has 0 saturated carbocycles. The standard InChI is InChI=1S/C12H8Cl2N2O2/c13-9-3-1-7(2-4-9)12-15-6-8(5-10(17)18)11(14)16-12/h1-4,6H,5H2,(H,17,18). The normalized spacial score (nSPS) is 10.3. The molecule has 92 valence electrons. The Kier molecular flexibility index (Phi) is 3.79. The summed E-state index contributed by atoms with van der Waals surface area (Å²) in [6.45, 7) is 0. The lowest BCUT2D eigenvalue weighted by Crippen LogP contribution is -2.03. The summed E-state index contributed by atoms with van der Waals surface area (Å²) < 4.78 is 0. The first-order valence-corrected chi connectivity index (χ1v) is 5.81. The Morgan fingerprint density at radius 1 is 1.22 bits per heavy atom. The first kappa shape index (κ1) is 12.8. The maximum atomic E-state index is 10.6. The summed E-state index contributed by atoms with van der Waals surface area (Å²) in [5.74, 6) is -0.537. The van der Waals surface area contributed by atoms with E-state index < -0.39 is 5.97 Å². The molecule has 0 aliphatic heterocycles. The lowest BCUT2D eigenvalue weighted by molar-refractivity contribution is -0.136. The highest BCUT2D eigenvalue weighted by molar-refractivity contribution is 6.31. The average molecular weight is 283 g/mol. The van der Waals surface area contributed by atoms with Crippen molar-refractivity contribution in [1.29, 1.82) is 0 Å². The Morgan fingerprint density at radius 3 is 2.44 bits per heavy atom. The molecule has 2 rings (SSSR count). The minimum atomic E-state index is -0.972. The summed E-state index contributed by atoms with van der Waals surface area (Å²) in [6, 6.07) is 6.98. The summed E-state index contributed by atoms with van der Waals surface area (Å²) in [4.78, 5) is 18.7. The van der Waals surface area contributed by atoms with Gasteiger partial charge in [-0.25, -0.2) is 9.97 Å². The van der Waals surface area contributed by atoms with E-state index in [2.05, 4.69) is 9.97 Å². The number of carbonyl (C=O) groups is 1. The average Bonchev–Trinajstić information content (AvgIpc) is 2.32. The van der Waals surface area contributed by atoms with Gasteiger partial charge >= 0.3 is 5.97 Å². The number of hydrogen-bond acceptors (Lipinski definition) is 3. The van der Waals surface area contributed by atoms with Crippen LogP contribution in [0.15, 0.2) is 30.5 Å². The second kappa shape index (κ2) is 5.33. The van der Waals surface area contributed by atoms with Gasteiger partial charge in [0, 0.05) is 22.3 Å². The largest absolute Gasteiger partial charge is 0.481 e. The lowest BCUT2D eigenvalue weighted by atomic mass is 10.2. The van der Waals surface area contributed by atoms with E-state index in [-0.39, 0.29) is 11.6 Å². The first-order valence-electron chi connectivity index (χ1n) is 5.05. The van der Waals surface area contributed by atoms with E-state index in [0.717, 1.165) is 5.56 Å². The maximum absolute atomic E-state index is 10.6. The van der Waals surface area contributed by atoms with Crippen molar-refractivity contribution in [2.75, 3.05) is 0 Å². The van der Waals surface area contributed by atoms with E-state index in [1.54, 1.807) is 24.3 Å². The van der Waals surface area contributed by atoms with Gasteiger partial charge in [0.2, 0.25) is 0 Å². The number of aromatic nitrogens is 2. The third kappa shape index (κ3) is 2.97. The smallest absolute Gasteiger partial charge is 0.307 e. The summed E-state index contributed by atoms with van der Waals surface area (Å²) >= 11 is 11.7. The van der Waals surface area contributed by atoms with Gasteiger partial charge in [-0.15, -0.1) is 0 Å². The number of halogens is 2. The molecule has 0 unspecified atom stereocenters. The number of nitrogens with zero attached hydrogens (tertiary/aromatic N) is 2. The van der Waals surface area contributed by atoms with Gasteiger partial charge in [-0.05, 0) is 24.3 Å². The number of carboxylic acid groups (broad SMARTS) is 1. The molecule has 0 radical (unpaired) electrons. The van der Waals surface area contributed by atoms with Gasteiger partial charge in [0.1, 0.15) is 5.15 Å². The molecule has 18 heavy (non-hydrogen) atoms. The van der Waals surface area contributed by atoms with Crippen LogP contribution in [-0.4, -0.2) is 21.0 Å². The minimum absolute atomic E-state index is 0.150. The predicted molar refractivity (Wildman–Crippen MR) is 68.8 cm³/mol. The molecule has 6 heteroatoms. The fraction of sp³-hybridized carbons (Fsp3) is 0.0833. The van der Waals surface area contributed by atoms with Gasteiger partial charge in [0.05, 0.1) is 6.42 Å². The summed E-state index contributed by atoms with van der Waals surface area (Å²) in [7, 11) is 0. The highest BCUT2D eigenvalue weighted by Gasteiger charge is 2.09. The maximum Gasteiger partial charge on any atom is 0.307 e. The lowest BCUT2D eigenvalue weighted by Gasteiger charge is -2.04.